The Morgan fingerprint density at radius 2 is 1.21 bits per heavy atom. The van der Waals surface area contributed by atoms with E-state index in [1.807, 2.05) is 0 Å². The lowest BCUT2D eigenvalue weighted by Crippen LogP contribution is -2.06. The molecule has 0 rings (SSSR count). The Bertz CT molecular complexity index is 165. The Balaban J connectivity index is 3.21. The molecule has 0 aliphatic rings. The van der Waals surface area contributed by atoms with Gasteiger partial charge in [0, 0.05) is 5.88 Å². The first-order valence-electron chi connectivity index (χ1n) is 8.76. The molecule has 0 bridgehead atoms. The molecule has 0 aliphatic carbocycles. The van der Waals surface area contributed by atoms with Crippen LogP contribution < -0.4 is 0 Å². The largest absolute Gasteiger partial charge is 0.126 e. The monoisotopic (exact) mass is 288 g/mol. The lowest BCUT2D eigenvalue weighted by atomic mass is 9.93. The standard InChI is InChI=1S/C18H37Cl/c1-4-5-6-7-8-9-10-11-12-13-14-18(16-19)15-17(2)3/h17-18H,4-16H2,1-3H3. The first-order valence-corrected chi connectivity index (χ1v) is 9.30. The lowest BCUT2D eigenvalue weighted by molar-refractivity contribution is 0.401. The molecule has 0 N–H and O–H groups in total. The minimum Gasteiger partial charge on any atom is -0.126 e. The average Bonchev–Trinajstić information content (AvgIpc) is 2.39. The normalized spacial score (nSPS) is 13.1. The maximum atomic E-state index is 6.03. The van der Waals surface area contributed by atoms with Gasteiger partial charge in [-0.1, -0.05) is 85.0 Å². The molecule has 0 spiro atoms. The van der Waals surface area contributed by atoms with Gasteiger partial charge in [0.1, 0.15) is 0 Å². The highest BCUT2D eigenvalue weighted by Gasteiger charge is 2.09. The van der Waals surface area contributed by atoms with Crippen molar-refractivity contribution in [2.45, 2.75) is 97.8 Å². The molecule has 1 unspecified atom stereocenters. The van der Waals surface area contributed by atoms with Crippen molar-refractivity contribution >= 4 is 11.6 Å². The van der Waals surface area contributed by atoms with Crippen molar-refractivity contribution in [3.05, 3.63) is 0 Å². The SMILES string of the molecule is CCCCCCCCCCCCC(CCl)CC(C)C. The summed E-state index contributed by atoms with van der Waals surface area (Å²) in [6.07, 6.45) is 16.9. The minimum absolute atomic E-state index is 0.760. The van der Waals surface area contributed by atoms with Gasteiger partial charge >= 0.3 is 0 Å². The molecule has 0 radical (unpaired) electrons. The van der Waals surface area contributed by atoms with E-state index in [2.05, 4.69) is 20.8 Å². The molecule has 0 saturated carbocycles. The second kappa shape index (κ2) is 14.7. The zero-order valence-electron chi connectivity index (χ0n) is 13.7. The van der Waals surface area contributed by atoms with Crippen LogP contribution in [0, 0.1) is 11.8 Å². The van der Waals surface area contributed by atoms with Gasteiger partial charge in [-0.3, -0.25) is 0 Å². The number of unbranched alkanes of at least 4 members (excludes halogenated alkanes) is 9. The fraction of sp³-hybridized carbons (Fsp3) is 1.00. The summed E-state index contributed by atoms with van der Waals surface area (Å²) in [7, 11) is 0. The van der Waals surface area contributed by atoms with Crippen LogP contribution in [0.3, 0.4) is 0 Å². The molecule has 0 amide bonds. The van der Waals surface area contributed by atoms with Crippen molar-refractivity contribution in [2.75, 3.05) is 5.88 Å². The summed E-state index contributed by atoms with van der Waals surface area (Å²) in [5.41, 5.74) is 0. The van der Waals surface area contributed by atoms with Crippen LogP contribution in [0.25, 0.3) is 0 Å². The molecule has 0 nitrogen and oxygen atoms in total. The zero-order valence-corrected chi connectivity index (χ0v) is 14.5. The van der Waals surface area contributed by atoms with Crippen LogP contribution >= 0.6 is 11.6 Å². The van der Waals surface area contributed by atoms with Crippen molar-refractivity contribution in [1.82, 2.24) is 0 Å². The fourth-order valence-corrected chi connectivity index (χ4v) is 3.13. The van der Waals surface area contributed by atoms with Gasteiger partial charge < -0.3 is 0 Å². The predicted molar refractivity (Wildman–Crippen MR) is 90.1 cm³/mol. The van der Waals surface area contributed by atoms with Crippen LogP contribution in [0.1, 0.15) is 97.8 Å². The smallest absolute Gasteiger partial charge is 0.0251 e. The summed E-state index contributed by atoms with van der Waals surface area (Å²) in [5, 5.41) is 0. The van der Waals surface area contributed by atoms with E-state index in [1.54, 1.807) is 0 Å². The molecule has 0 aliphatic heterocycles. The first-order chi connectivity index (χ1) is 9.20. The highest BCUT2D eigenvalue weighted by Crippen LogP contribution is 2.20. The Morgan fingerprint density at radius 1 is 0.737 bits per heavy atom. The molecule has 1 heteroatoms. The minimum atomic E-state index is 0.760. The van der Waals surface area contributed by atoms with Gasteiger partial charge in [0.05, 0.1) is 0 Å². The van der Waals surface area contributed by atoms with Crippen LogP contribution in [0.15, 0.2) is 0 Å². The molecule has 19 heavy (non-hydrogen) atoms. The maximum absolute atomic E-state index is 6.03. The third-order valence-corrected chi connectivity index (χ3v) is 4.43. The van der Waals surface area contributed by atoms with Crippen LogP contribution in [0.5, 0.6) is 0 Å². The summed E-state index contributed by atoms with van der Waals surface area (Å²) in [6.45, 7) is 6.89. The number of hydrogen-bond acceptors (Lipinski definition) is 0. The molecule has 0 fully saturated rings. The van der Waals surface area contributed by atoms with Gasteiger partial charge in [-0.15, -0.1) is 11.6 Å². The molecule has 0 saturated heterocycles. The maximum Gasteiger partial charge on any atom is 0.0251 e. The van der Waals surface area contributed by atoms with E-state index in [0.717, 1.165) is 17.7 Å². The predicted octanol–water partition coefficient (Wildman–Crippen LogP) is 7.20. The molecular weight excluding hydrogens is 252 g/mol. The molecule has 0 aromatic rings. The topological polar surface area (TPSA) is 0 Å². The Hall–Kier alpha value is 0.290. The van der Waals surface area contributed by atoms with Crippen molar-refractivity contribution in [3.63, 3.8) is 0 Å². The van der Waals surface area contributed by atoms with E-state index in [9.17, 15) is 0 Å². The number of rotatable bonds is 14. The van der Waals surface area contributed by atoms with Gasteiger partial charge in [0.25, 0.3) is 0 Å². The molecule has 0 aromatic heterocycles. The van der Waals surface area contributed by atoms with Gasteiger partial charge in [0.15, 0.2) is 0 Å². The summed E-state index contributed by atoms with van der Waals surface area (Å²) in [5.74, 6) is 2.41. The molecule has 0 aromatic carbocycles. The second-order valence-corrected chi connectivity index (χ2v) is 6.93. The lowest BCUT2D eigenvalue weighted by Gasteiger charge is -2.15. The van der Waals surface area contributed by atoms with Crippen LogP contribution in [-0.4, -0.2) is 5.88 Å². The van der Waals surface area contributed by atoms with Crippen LogP contribution in [0.4, 0.5) is 0 Å². The summed E-state index contributed by atoms with van der Waals surface area (Å²) in [6, 6.07) is 0. The number of alkyl halides is 1. The quantitative estimate of drug-likeness (QED) is 0.234. The molecule has 0 heterocycles. The molecule has 1 atom stereocenters. The third kappa shape index (κ3) is 14.5. The van der Waals surface area contributed by atoms with Crippen LogP contribution in [0.2, 0.25) is 0 Å². The summed E-state index contributed by atoms with van der Waals surface area (Å²) < 4.78 is 0. The highest BCUT2D eigenvalue weighted by atomic mass is 35.5. The van der Waals surface area contributed by atoms with Gasteiger partial charge in [-0.25, -0.2) is 0 Å². The Kier molecular flexibility index (Phi) is 14.9. The zero-order chi connectivity index (χ0) is 14.3. The third-order valence-electron chi connectivity index (χ3n) is 3.99. The van der Waals surface area contributed by atoms with Gasteiger partial charge in [-0.05, 0) is 24.7 Å². The second-order valence-electron chi connectivity index (χ2n) is 6.62. The van der Waals surface area contributed by atoms with Crippen molar-refractivity contribution in [1.29, 1.82) is 0 Å². The Morgan fingerprint density at radius 3 is 1.63 bits per heavy atom. The van der Waals surface area contributed by atoms with E-state index in [1.165, 1.54) is 77.0 Å². The van der Waals surface area contributed by atoms with E-state index in [4.69, 9.17) is 11.6 Å². The van der Waals surface area contributed by atoms with E-state index in [-0.39, 0.29) is 0 Å². The first kappa shape index (κ1) is 19.3. The molecular formula is C18H37Cl. The molecule has 116 valence electrons. The van der Waals surface area contributed by atoms with Crippen molar-refractivity contribution in [2.24, 2.45) is 11.8 Å². The average molecular weight is 289 g/mol. The highest BCUT2D eigenvalue weighted by molar-refractivity contribution is 6.18. The van der Waals surface area contributed by atoms with Gasteiger partial charge in [-0.2, -0.15) is 0 Å². The number of halogens is 1. The van der Waals surface area contributed by atoms with Crippen molar-refractivity contribution < 1.29 is 0 Å². The van der Waals surface area contributed by atoms with E-state index < -0.39 is 0 Å². The van der Waals surface area contributed by atoms with Gasteiger partial charge in [0.2, 0.25) is 0 Å². The van der Waals surface area contributed by atoms with E-state index >= 15 is 0 Å². The summed E-state index contributed by atoms with van der Waals surface area (Å²) >= 11 is 6.03. The fourth-order valence-electron chi connectivity index (χ4n) is 2.85. The van der Waals surface area contributed by atoms with Crippen molar-refractivity contribution in [3.8, 4) is 0 Å². The summed E-state index contributed by atoms with van der Waals surface area (Å²) in [4.78, 5) is 0. The van der Waals surface area contributed by atoms with E-state index in [0.29, 0.717) is 0 Å². The van der Waals surface area contributed by atoms with Crippen LogP contribution in [-0.2, 0) is 0 Å². The number of hydrogen-bond donors (Lipinski definition) is 0. The Labute approximate surface area is 127 Å².